The van der Waals surface area contributed by atoms with Crippen molar-refractivity contribution in [3.63, 3.8) is 0 Å². The first kappa shape index (κ1) is 25.3. The maximum Gasteiger partial charge on any atom is 0.169 e. The Labute approximate surface area is 235 Å². The molecule has 2 aliphatic rings. The number of hydrogen-bond donors (Lipinski definition) is 0. The SMILES string of the molecule is COc1ccc2c(c1)/C=C\c1ccc(cc1)Oc1cc(ccc1OCc1ccccc1)CCc1cccc(c1)O2. The van der Waals surface area contributed by atoms with Crippen LogP contribution in [-0.4, -0.2) is 7.11 Å². The fourth-order valence-electron chi connectivity index (χ4n) is 4.66. The quantitative estimate of drug-likeness (QED) is 0.234. The second-order valence-corrected chi connectivity index (χ2v) is 9.71. The van der Waals surface area contributed by atoms with E-state index in [1.165, 1.54) is 11.1 Å². The van der Waals surface area contributed by atoms with Crippen molar-refractivity contribution in [2.75, 3.05) is 7.11 Å². The molecule has 40 heavy (non-hydrogen) atoms. The van der Waals surface area contributed by atoms with Gasteiger partial charge in [0.2, 0.25) is 0 Å². The van der Waals surface area contributed by atoms with Gasteiger partial charge in [-0.3, -0.25) is 0 Å². The normalized spacial score (nSPS) is 13.1. The lowest BCUT2D eigenvalue weighted by molar-refractivity contribution is 0.291. The molecule has 6 bridgehead atoms. The molecule has 4 heteroatoms. The van der Waals surface area contributed by atoms with E-state index >= 15 is 0 Å². The molecule has 4 nitrogen and oxygen atoms in total. The van der Waals surface area contributed by atoms with Gasteiger partial charge in [-0.2, -0.15) is 0 Å². The van der Waals surface area contributed by atoms with Gasteiger partial charge < -0.3 is 18.9 Å². The van der Waals surface area contributed by atoms with E-state index in [1.807, 2.05) is 84.9 Å². The number of aryl methyl sites for hydroxylation is 2. The van der Waals surface area contributed by atoms with Gasteiger partial charge in [0, 0.05) is 5.56 Å². The molecule has 198 valence electrons. The highest BCUT2D eigenvalue weighted by atomic mass is 16.5. The molecule has 0 N–H and O–H groups in total. The summed E-state index contributed by atoms with van der Waals surface area (Å²) in [5.41, 5.74) is 5.45. The predicted molar refractivity (Wildman–Crippen MR) is 160 cm³/mol. The fourth-order valence-corrected chi connectivity index (χ4v) is 4.66. The molecular weight excluding hydrogens is 496 g/mol. The fraction of sp³-hybridized carbons (Fsp3) is 0.111. The second-order valence-electron chi connectivity index (χ2n) is 9.71. The van der Waals surface area contributed by atoms with Crippen LogP contribution in [-0.2, 0) is 19.4 Å². The molecule has 0 saturated carbocycles. The van der Waals surface area contributed by atoms with Crippen molar-refractivity contribution in [1.82, 2.24) is 0 Å². The molecule has 0 radical (unpaired) electrons. The summed E-state index contributed by atoms with van der Waals surface area (Å²) in [6.07, 6.45) is 5.82. The minimum absolute atomic E-state index is 0.472. The number of methoxy groups -OCH3 is 1. The van der Waals surface area contributed by atoms with E-state index in [0.29, 0.717) is 18.1 Å². The highest BCUT2D eigenvalue weighted by molar-refractivity contribution is 5.74. The van der Waals surface area contributed by atoms with Gasteiger partial charge in [-0.1, -0.05) is 72.8 Å². The summed E-state index contributed by atoms with van der Waals surface area (Å²) >= 11 is 0. The van der Waals surface area contributed by atoms with Gasteiger partial charge >= 0.3 is 0 Å². The smallest absolute Gasteiger partial charge is 0.169 e. The Balaban J connectivity index is 1.35. The van der Waals surface area contributed by atoms with Crippen LogP contribution in [0.1, 0.15) is 27.8 Å². The Kier molecular flexibility index (Phi) is 7.49. The van der Waals surface area contributed by atoms with Gasteiger partial charge in [-0.25, -0.2) is 0 Å². The third kappa shape index (κ3) is 6.19. The van der Waals surface area contributed by atoms with Crippen molar-refractivity contribution in [2.24, 2.45) is 0 Å². The average molecular weight is 527 g/mol. The maximum absolute atomic E-state index is 6.38. The van der Waals surface area contributed by atoms with Crippen LogP contribution in [0.25, 0.3) is 12.2 Å². The zero-order chi connectivity index (χ0) is 27.1. The zero-order valence-corrected chi connectivity index (χ0v) is 22.4. The summed E-state index contributed by atoms with van der Waals surface area (Å²) < 4.78 is 24.4. The van der Waals surface area contributed by atoms with Crippen molar-refractivity contribution < 1.29 is 18.9 Å². The summed E-state index contributed by atoms with van der Waals surface area (Å²) in [5, 5.41) is 0. The molecule has 0 aliphatic carbocycles. The van der Waals surface area contributed by atoms with Gasteiger partial charge in [-0.15, -0.1) is 0 Å². The lowest BCUT2D eigenvalue weighted by Crippen LogP contribution is -1.99. The first-order valence-corrected chi connectivity index (χ1v) is 13.4. The Hall–Kier alpha value is -4.96. The molecule has 7 rings (SSSR count). The van der Waals surface area contributed by atoms with Gasteiger partial charge in [0.1, 0.15) is 29.6 Å². The number of ether oxygens (including phenoxy) is 4. The van der Waals surface area contributed by atoms with Crippen LogP contribution < -0.4 is 18.9 Å². The minimum Gasteiger partial charge on any atom is -0.497 e. The highest BCUT2D eigenvalue weighted by Crippen LogP contribution is 2.35. The van der Waals surface area contributed by atoms with Crippen LogP contribution in [0.5, 0.6) is 34.5 Å². The third-order valence-corrected chi connectivity index (χ3v) is 6.85. The summed E-state index contributed by atoms with van der Waals surface area (Å²) in [7, 11) is 1.67. The Morgan fingerprint density at radius 1 is 0.625 bits per heavy atom. The van der Waals surface area contributed by atoms with E-state index in [1.54, 1.807) is 7.11 Å². The summed E-state index contributed by atoms with van der Waals surface area (Å²) in [6.45, 7) is 0.472. The van der Waals surface area contributed by atoms with Crippen LogP contribution in [0, 0.1) is 0 Å². The Morgan fingerprint density at radius 3 is 2.25 bits per heavy atom. The number of fused-ring (bicyclic) bond motifs is 3. The summed E-state index contributed by atoms with van der Waals surface area (Å²) in [6, 6.07) is 38.5. The Bertz CT molecular complexity index is 1620. The molecule has 0 atom stereocenters. The topological polar surface area (TPSA) is 36.9 Å². The highest BCUT2D eigenvalue weighted by Gasteiger charge is 2.11. The first-order chi connectivity index (χ1) is 19.7. The van der Waals surface area contributed by atoms with Crippen LogP contribution in [0.4, 0.5) is 0 Å². The molecule has 0 aromatic heterocycles. The van der Waals surface area contributed by atoms with E-state index in [-0.39, 0.29) is 0 Å². The monoisotopic (exact) mass is 526 g/mol. The molecule has 0 spiro atoms. The van der Waals surface area contributed by atoms with E-state index in [4.69, 9.17) is 18.9 Å². The predicted octanol–water partition coefficient (Wildman–Crippen LogP) is 9.13. The first-order valence-electron chi connectivity index (χ1n) is 13.4. The second kappa shape index (κ2) is 11.8. The molecule has 2 aliphatic heterocycles. The maximum atomic E-state index is 6.38. The Morgan fingerprint density at radius 2 is 1.43 bits per heavy atom. The average Bonchev–Trinajstić information content (AvgIpc) is 3.00. The van der Waals surface area contributed by atoms with Crippen LogP contribution in [0.15, 0.2) is 115 Å². The van der Waals surface area contributed by atoms with Gasteiger partial charge in [-0.05, 0) is 89.7 Å². The molecule has 5 aromatic rings. The van der Waals surface area contributed by atoms with Crippen molar-refractivity contribution >= 4 is 12.2 Å². The minimum atomic E-state index is 0.472. The van der Waals surface area contributed by atoms with E-state index in [2.05, 4.69) is 42.5 Å². The third-order valence-electron chi connectivity index (χ3n) is 6.85. The van der Waals surface area contributed by atoms with E-state index in [0.717, 1.165) is 52.5 Å². The van der Waals surface area contributed by atoms with Gasteiger partial charge in [0.15, 0.2) is 11.5 Å². The van der Waals surface area contributed by atoms with Crippen LogP contribution in [0.2, 0.25) is 0 Å². The van der Waals surface area contributed by atoms with E-state index in [9.17, 15) is 0 Å². The van der Waals surface area contributed by atoms with Crippen LogP contribution >= 0.6 is 0 Å². The lowest BCUT2D eigenvalue weighted by Gasteiger charge is -2.15. The largest absolute Gasteiger partial charge is 0.497 e. The van der Waals surface area contributed by atoms with Gasteiger partial charge in [0.05, 0.1) is 7.11 Å². The molecular formula is C36H30O4. The molecule has 2 heterocycles. The van der Waals surface area contributed by atoms with Crippen molar-refractivity contribution in [3.8, 4) is 34.5 Å². The van der Waals surface area contributed by atoms with Gasteiger partial charge in [0.25, 0.3) is 0 Å². The summed E-state index contributed by atoms with van der Waals surface area (Å²) in [4.78, 5) is 0. The molecule has 0 amide bonds. The molecule has 5 aromatic carbocycles. The van der Waals surface area contributed by atoms with Crippen molar-refractivity contribution in [1.29, 1.82) is 0 Å². The molecule has 0 unspecified atom stereocenters. The molecule has 0 saturated heterocycles. The lowest BCUT2D eigenvalue weighted by atomic mass is 10.0. The number of rotatable bonds is 4. The summed E-state index contributed by atoms with van der Waals surface area (Å²) in [5.74, 6) is 4.52. The number of benzene rings is 5. The molecule has 0 fully saturated rings. The van der Waals surface area contributed by atoms with Crippen molar-refractivity contribution in [3.05, 3.63) is 143 Å². The number of hydrogen-bond acceptors (Lipinski definition) is 4. The van der Waals surface area contributed by atoms with Crippen molar-refractivity contribution in [2.45, 2.75) is 19.4 Å². The van der Waals surface area contributed by atoms with E-state index < -0.39 is 0 Å². The zero-order valence-electron chi connectivity index (χ0n) is 22.4. The standard InChI is InChI=1S/C36H30O4/c1-37-32-19-21-34-30(24-32)16-12-26-13-17-31(18-14-26)39-36-23-28(11-10-27-8-5-9-33(22-27)40-34)15-20-35(36)38-25-29-6-3-2-4-7-29/h2-9,12-24H,10-11,25H2,1H3/b16-12-. The van der Waals surface area contributed by atoms with Crippen LogP contribution in [0.3, 0.4) is 0 Å².